The SMILES string of the molecule is C1CCC(N2NOCO2)CC1. The van der Waals surface area contributed by atoms with Crippen LogP contribution in [-0.4, -0.2) is 18.0 Å². The fourth-order valence-corrected chi connectivity index (χ4v) is 1.69. The number of nitrogens with one attached hydrogen (secondary N) is 1. The third-order valence-electron chi connectivity index (χ3n) is 2.31. The van der Waals surface area contributed by atoms with E-state index in [9.17, 15) is 0 Å². The molecule has 1 aliphatic heterocycles. The van der Waals surface area contributed by atoms with E-state index in [0.717, 1.165) is 0 Å². The molecule has 1 saturated heterocycles. The van der Waals surface area contributed by atoms with Crippen molar-refractivity contribution in [1.82, 2.24) is 10.8 Å². The smallest absolute Gasteiger partial charge is 0.190 e. The molecule has 4 heteroatoms. The highest BCUT2D eigenvalue weighted by Gasteiger charge is 2.25. The summed E-state index contributed by atoms with van der Waals surface area (Å²) in [5.41, 5.74) is 2.74. The van der Waals surface area contributed by atoms with Crippen molar-refractivity contribution in [1.29, 1.82) is 0 Å². The van der Waals surface area contributed by atoms with E-state index in [0.29, 0.717) is 12.8 Å². The van der Waals surface area contributed by atoms with Crippen LogP contribution in [0.4, 0.5) is 0 Å². The van der Waals surface area contributed by atoms with Gasteiger partial charge in [0.25, 0.3) is 0 Å². The van der Waals surface area contributed by atoms with E-state index >= 15 is 0 Å². The van der Waals surface area contributed by atoms with Crippen molar-refractivity contribution >= 4 is 0 Å². The Labute approximate surface area is 66.3 Å². The Morgan fingerprint density at radius 2 is 2.00 bits per heavy atom. The fraction of sp³-hybridized carbons (Fsp3) is 1.00. The first-order valence-electron chi connectivity index (χ1n) is 4.26. The number of hydrogen-bond donors (Lipinski definition) is 1. The first-order valence-corrected chi connectivity index (χ1v) is 4.26. The molecule has 64 valence electrons. The lowest BCUT2D eigenvalue weighted by molar-refractivity contribution is -0.179. The molecule has 0 bridgehead atoms. The average Bonchev–Trinajstić information content (AvgIpc) is 2.58. The Morgan fingerprint density at radius 3 is 2.64 bits per heavy atom. The molecule has 0 atom stereocenters. The van der Waals surface area contributed by atoms with E-state index in [-0.39, 0.29) is 0 Å². The molecule has 2 rings (SSSR count). The highest BCUT2D eigenvalue weighted by molar-refractivity contribution is 4.69. The molecule has 11 heavy (non-hydrogen) atoms. The summed E-state index contributed by atoms with van der Waals surface area (Å²) >= 11 is 0. The predicted molar refractivity (Wildman–Crippen MR) is 38.9 cm³/mol. The minimum absolute atomic E-state index is 0.344. The normalized spacial score (nSPS) is 29.5. The Morgan fingerprint density at radius 1 is 1.18 bits per heavy atom. The van der Waals surface area contributed by atoms with Gasteiger partial charge in [-0.05, 0) is 12.8 Å². The minimum Gasteiger partial charge on any atom is -0.254 e. The molecule has 0 aromatic rings. The molecule has 1 N–H and O–H groups in total. The first kappa shape index (κ1) is 7.49. The van der Waals surface area contributed by atoms with Crippen LogP contribution in [0.2, 0.25) is 0 Å². The van der Waals surface area contributed by atoms with Crippen LogP contribution >= 0.6 is 0 Å². The number of nitrogens with zero attached hydrogens (tertiary/aromatic N) is 1. The van der Waals surface area contributed by atoms with Crippen molar-refractivity contribution in [3.05, 3.63) is 0 Å². The van der Waals surface area contributed by atoms with E-state index in [2.05, 4.69) is 5.59 Å². The maximum atomic E-state index is 5.19. The summed E-state index contributed by atoms with van der Waals surface area (Å²) in [4.78, 5) is 10.1. The fourth-order valence-electron chi connectivity index (χ4n) is 1.69. The summed E-state index contributed by atoms with van der Waals surface area (Å²) in [6, 6.07) is 0.520. The minimum atomic E-state index is 0.344. The van der Waals surface area contributed by atoms with Crippen LogP contribution < -0.4 is 5.59 Å². The summed E-state index contributed by atoms with van der Waals surface area (Å²) in [5.74, 6) is 0. The second kappa shape index (κ2) is 3.49. The number of hydrogen-bond acceptors (Lipinski definition) is 4. The molecule has 1 heterocycles. The van der Waals surface area contributed by atoms with Crippen LogP contribution in [0, 0.1) is 0 Å². The number of hydroxylamine groups is 1. The van der Waals surface area contributed by atoms with Gasteiger partial charge in [0.15, 0.2) is 6.79 Å². The molecule has 0 spiro atoms. The second-order valence-corrected chi connectivity index (χ2v) is 3.10. The van der Waals surface area contributed by atoms with E-state index in [1.54, 1.807) is 5.17 Å². The molecule has 0 aromatic heterocycles. The van der Waals surface area contributed by atoms with E-state index in [1.165, 1.54) is 32.1 Å². The molecular weight excluding hydrogens is 144 g/mol. The number of rotatable bonds is 1. The van der Waals surface area contributed by atoms with Crippen molar-refractivity contribution in [3.8, 4) is 0 Å². The predicted octanol–water partition coefficient (Wildman–Crippen LogP) is 0.960. The molecule has 0 unspecified atom stereocenters. The quantitative estimate of drug-likeness (QED) is 0.616. The van der Waals surface area contributed by atoms with Gasteiger partial charge in [0, 0.05) is 0 Å². The van der Waals surface area contributed by atoms with E-state index in [4.69, 9.17) is 9.68 Å². The summed E-state index contributed by atoms with van der Waals surface area (Å²) in [7, 11) is 0. The zero-order valence-corrected chi connectivity index (χ0v) is 6.58. The second-order valence-electron chi connectivity index (χ2n) is 3.10. The molecule has 0 radical (unpaired) electrons. The summed E-state index contributed by atoms with van der Waals surface area (Å²) < 4.78 is 0. The van der Waals surface area contributed by atoms with Crippen molar-refractivity contribution in [2.75, 3.05) is 6.79 Å². The Bertz CT molecular complexity index is 120. The molecule has 1 aliphatic carbocycles. The monoisotopic (exact) mass is 158 g/mol. The summed E-state index contributed by atoms with van der Waals surface area (Å²) in [6.07, 6.45) is 6.43. The zero-order chi connectivity index (χ0) is 7.52. The summed E-state index contributed by atoms with van der Waals surface area (Å²) in [6.45, 7) is 0.344. The van der Waals surface area contributed by atoms with Crippen LogP contribution in [0.25, 0.3) is 0 Å². The van der Waals surface area contributed by atoms with Crippen molar-refractivity contribution in [2.24, 2.45) is 0 Å². The van der Waals surface area contributed by atoms with Crippen LogP contribution in [0.5, 0.6) is 0 Å². The van der Waals surface area contributed by atoms with Crippen molar-refractivity contribution in [3.63, 3.8) is 0 Å². The zero-order valence-electron chi connectivity index (χ0n) is 6.58. The Hall–Kier alpha value is -0.160. The van der Waals surface area contributed by atoms with Gasteiger partial charge in [-0.2, -0.15) is 0 Å². The van der Waals surface area contributed by atoms with Gasteiger partial charge in [0.1, 0.15) is 0 Å². The van der Waals surface area contributed by atoms with Gasteiger partial charge in [-0.15, -0.1) is 5.59 Å². The average molecular weight is 158 g/mol. The van der Waals surface area contributed by atoms with Crippen molar-refractivity contribution in [2.45, 2.75) is 38.1 Å². The lowest BCUT2D eigenvalue weighted by Crippen LogP contribution is -2.40. The van der Waals surface area contributed by atoms with Gasteiger partial charge in [0.05, 0.1) is 6.04 Å². The van der Waals surface area contributed by atoms with E-state index in [1.807, 2.05) is 0 Å². The van der Waals surface area contributed by atoms with Crippen LogP contribution in [-0.2, 0) is 9.68 Å². The van der Waals surface area contributed by atoms with Crippen LogP contribution in [0.1, 0.15) is 32.1 Å². The Balaban J connectivity index is 1.82. The van der Waals surface area contributed by atoms with Gasteiger partial charge >= 0.3 is 0 Å². The third kappa shape index (κ3) is 1.70. The number of hydrazine groups is 1. The van der Waals surface area contributed by atoms with Gasteiger partial charge in [0.2, 0.25) is 0 Å². The lowest BCUT2D eigenvalue weighted by atomic mass is 9.96. The third-order valence-corrected chi connectivity index (χ3v) is 2.31. The molecule has 4 nitrogen and oxygen atoms in total. The van der Waals surface area contributed by atoms with Crippen LogP contribution in [0.3, 0.4) is 0 Å². The van der Waals surface area contributed by atoms with Crippen LogP contribution in [0.15, 0.2) is 0 Å². The first-order chi connectivity index (χ1) is 5.47. The Kier molecular flexibility index (Phi) is 2.38. The standard InChI is InChI=1S/C7H14N2O2/c1-2-4-7(5-3-1)9-8-10-6-11-9/h7-8H,1-6H2. The highest BCUT2D eigenvalue weighted by Crippen LogP contribution is 2.22. The maximum absolute atomic E-state index is 5.19. The molecule has 1 saturated carbocycles. The molecular formula is C7H14N2O2. The van der Waals surface area contributed by atoms with E-state index < -0.39 is 0 Å². The molecule has 2 fully saturated rings. The summed E-state index contributed by atoms with van der Waals surface area (Å²) in [5, 5.41) is 1.75. The van der Waals surface area contributed by atoms with Gasteiger partial charge in [-0.1, -0.05) is 24.4 Å². The topological polar surface area (TPSA) is 33.7 Å². The van der Waals surface area contributed by atoms with Crippen molar-refractivity contribution < 1.29 is 9.68 Å². The largest absolute Gasteiger partial charge is 0.254 e. The maximum Gasteiger partial charge on any atom is 0.190 e. The molecule has 2 aliphatic rings. The highest BCUT2D eigenvalue weighted by atomic mass is 17.0. The van der Waals surface area contributed by atoms with Gasteiger partial charge in [-0.25, -0.2) is 0 Å². The molecule has 0 aromatic carbocycles. The van der Waals surface area contributed by atoms with Gasteiger partial charge in [-0.3, -0.25) is 9.68 Å². The van der Waals surface area contributed by atoms with Gasteiger partial charge < -0.3 is 0 Å². The molecule has 0 amide bonds. The lowest BCUT2D eigenvalue weighted by Gasteiger charge is -2.26.